The van der Waals surface area contributed by atoms with Gasteiger partial charge in [0.1, 0.15) is 18.4 Å². The van der Waals surface area contributed by atoms with Gasteiger partial charge in [0.25, 0.3) is 0 Å². The van der Waals surface area contributed by atoms with Gasteiger partial charge >= 0.3 is 0 Å². The van der Waals surface area contributed by atoms with Crippen molar-refractivity contribution < 1.29 is 9.15 Å². The molecule has 0 N–H and O–H groups in total. The SMILES string of the molecule is CN1CCN(c2oc(-c3ccc(OCc4ccccc4Cl)cc3)nc2C#N)CC1. The van der Waals surface area contributed by atoms with E-state index in [4.69, 9.17) is 20.8 Å². The molecule has 1 fully saturated rings. The van der Waals surface area contributed by atoms with Gasteiger partial charge in [-0.05, 0) is 37.4 Å². The van der Waals surface area contributed by atoms with Crippen LogP contribution < -0.4 is 9.64 Å². The number of hydrogen-bond acceptors (Lipinski definition) is 6. The third kappa shape index (κ3) is 4.37. The summed E-state index contributed by atoms with van der Waals surface area (Å²) in [5, 5.41) is 10.2. The van der Waals surface area contributed by atoms with E-state index in [1.165, 1.54) is 0 Å². The molecule has 1 aromatic heterocycles. The van der Waals surface area contributed by atoms with Gasteiger partial charge in [0.05, 0.1) is 0 Å². The lowest BCUT2D eigenvalue weighted by molar-refractivity contribution is 0.306. The fourth-order valence-corrected chi connectivity index (χ4v) is 3.39. The fourth-order valence-electron chi connectivity index (χ4n) is 3.20. The van der Waals surface area contributed by atoms with Crippen molar-refractivity contribution in [2.75, 3.05) is 38.1 Å². The van der Waals surface area contributed by atoms with Gasteiger partial charge in [-0.2, -0.15) is 10.2 Å². The second-order valence-corrected chi connectivity index (χ2v) is 7.39. The van der Waals surface area contributed by atoms with Crippen LogP contribution >= 0.6 is 11.6 Å². The summed E-state index contributed by atoms with van der Waals surface area (Å²) in [6.07, 6.45) is 0. The van der Waals surface area contributed by atoms with E-state index in [0.717, 1.165) is 43.1 Å². The highest BCUT2D eigenvalue weighted by Crippen LogP contribution is 2.30. The molecule has 0 bridgehead atoms. The Bertz CT molecular complexity index is 1020. The molecule has 148 valence electrons. The van der Waals surface area contributed by atoms with Crippen molar-refractivity contribution in [1.82, 2.24) is 9.88 Å². The summed E-state index contributed by atoms with van der Waals surface area (Å²) in [6.45, 7) is 3.88. The first kappa shape index (κ1) is 19.3. The summed E-state index contributed by atoms with van der Waals surface area (Å²) in [6, 6.07) is 17.2. The molecule has 4 rings (SSSR count). The van der Waals surface area contributed by atoms with Crippen LogP contribution in [0.4, 0.5) is 5.88 Å². The number of aromatic nitrogens is 1. The molecule has 0 radical (unpaired) electrons. The predicted octanol–water partition coefficient (Wildman–Crippen LogP) is 4.20. The van der Waals surface area contributed by atoms with Crippen molar-refractivity contribution in [2.24, 2.45) is 0 Å². The molecular weight excluding hydrogens is 388 g/mol. The van der Waals surface area contributed by atoms with E-state index in [1.807, 2.05) is 48.5 Å². The summed E-state index contributed by atoms with van der Waals surface area (Å²) in [5.74, 6) is 1.71. The Hall–Kier alpha value is -3.01. The highest BCUT2D eigenvalue weighted by atomic mass is 35.5. The second kappa shape index (κ2) is 8.56. The molecule has 1 aliphatic rings. The Kier molecular flexibility index (Phi) is 5.70. The molecule has 0 spiro atoms. The summed E-state index contributed by atoms with van der Waals surface area (Å²) < 4.78 is 11.8. The van der Waals surface area contributed by atoms with Gasteiger partial charge < -0.3 is 19.0 Å². The van der Waals surface area contributed by atoms with Crippen LogP contribution in [0, 0.1) is 11.3 Å². The molecule has 2 heterocycles. The summed E-state index contributed by atoms with van der Waals surface area (Å²) in [7, 11) is 2.09. The summed E-state index contributed by atoms with van der Waals surface area (Å²) in [4.78, 5) is 8.72. The van der Waals surface area contributed by atoms with E-state index in [2.05, 4.69) is 27.9 Å². The molecule has 0 aliphatic carbocycles. The Labute approximate surface area is 174 Å². The van der Waals surface area contributed by atoms with Gasteiger partial charge in [-0.15, -0.1) is 0 Å². The number of halogens is 1. The van der Waals surface area contributed by atoms with Gasteiger partial charge in [0.15, 0.2) is 0 Å². The predicted molar refractivity (Wildman–Crippen MR) is 112 cm³/mol. The van der Waals surface area contributed by atoms with E-state index in [9.17, 15) is 5.26 Å². The average Bonchev–Trinajstić information content (AvgIpc) is 3.18. The quantitative estimate of drug-likeness (QED) is 0.630. The van der Waals surface area contributed by atoms with Crippen LogP contribution in [-0.4, -0.2) is 43.1 Å². The fraction of sp³-hybridized carbons (Fsp3) is 0.273. The van der Waals surface area contributed by atoms with Crippen LogP contribution in [0.1, 0.15) is 11.3 Å². The maximum absolute atomic E-state index is 9.47. The third-order valence-corrected chi connectivity index (χ3v) is 5.33. The zero-order valence-electron chi connectivity index (χ0n) is 16.1. The summed E-state index contributed by atoms with van der Waals surface area (Å²) in [5.41, 5.74) is 2.05. The minimum absolute atomic E-state index is 0.323. The molecule has 2 aromatic carbocycles. The number of hydrogen-bond donors (Lipinski definition) is 0. The maximum atomic E-state index is 9.47. The lowest BCUT2D eigenvalue weighted by Gasteiger charge is -2.31. The van der Waals surface area contributed by atoms with Gasteiger partial charge in [-0.25, -0.2) is 0 Å². The number of ether oxygens (including phenoxy) is 1. The van der Waals surface area contributed by atoms with Crippen LogP contribution in [0.2, 0.25) is 5.02 Å². The molecular formula is C22H21ClN4O2. The van der Waals surface area contributed by atoms with Crippen LogP contribution in [0.25, 0.3) is 11.5 Å². The molecule has 1 aliphatic heterocycles. The number of nitriles is 1. The Morgan fingerprint density at radius 1 is 1.10 bits per heavy atom. The van der Waals surface area contributed by atoms with Gasteiger partial charge in [0, 0.05) is 42.3 Å². The smallest absolute Gasteiger partial charge is 0.235 e. The number of oxazole rings is 1. The molecule has 0 unspecified atom stereocenters. The van der Waals surface area contributed by atoms with E-state index >= 15 is 0 Å². The summed E-state index contributed by atoms with van der Waals surface area (Å²) >= 11 is 6.17. The number of likely N-dealkylation sites (N-methyl/N-ethyl adjacent to an activating group) is 1. The van der Waals surface area contributed by atoms with Crippen LogP contribution in [-0.2, 0) is 6.61 Å². The van der Waals surface area contributed by atoms with Crippen LogP contribution in [0.3, 0.4) is 0 Å². The van der Waals surface area contributed by atoms with Crippen molar-refractivity contribution in [3.8, 4) is 23.3 Å². The lowest BCUT2D eigenvalue weighted by Crippen LogP contribution is -2.44. The molecule has 7 heteroatoms. The van der Waals surface area contributed by atoms with Crippen molar-refractivity contribution in [3.05, 3.63) is 64.8 Å². The highest BCUT2D eigenvalue weighted by molar-refractivity contribution is 6.31. The topological polar surface area (TPSA) is 65.5 Å². The first-order valence-electron chi connectivity index (χ1n) is 9.45. The number of benzene rings is 2. The standard InChI is InChI=1S/C22H21ClN4O2/c1-26-10-12-27(13-11-26)22-20(14-24)25-21(29-22)16-6-8-18(9-7-16)28-15-17-4-2-3-5-19(17)23/h2-9H,10-13,15H2,1H3. The maximum Gasteiger partial charge on any atom is 0.235 e. The molecule has 3 aromatic rings. The van der Waals surface area contributed by atoms with Gasteiger partial charge in [-0.1, -0.05) is 29.8 Å². The van der Waals surface area contributed by atoms with E-state index in [1.54, 1.807) is 0 Å². The van der Waals surface area contributed by atoms with Crippen molar-refractivity contribution in [1.29, 1.82) is 5.26 Å². The molecule has 0 amide bonds. The van der Waals surface area contributed by atoms with E-state index in [-0.39, 0.29) is 0 Å². The van der Waals surface area contributed by atoms with E-state index in [0.29, 0.717) is 29.1 Å². The number of nitrogens with zero attached hydrogens (tertiary/aromatic N) is 4. The first-order valence-corrected chi connectivity index (χ1v) is 9.83. The normalized spacial score (nSPS) is 14.6. The Balaban J connectivity index is 1.47. The first-order chi connectivity index (χ1) is 14.1. The Morgan fingerprint density at radius 2 is 1.83 bits per heavy atom. The van der Waals surface area contributed by atoms with Crippen LogP contribution in [0.5, 0.6) is 5.75 Å². The molecule has 1 saturated heterocycles. The molecule has 6 nitrogen and oxygen atoms in total. The third-order valence-electron chi connectivity index (χ3n) is 4.96. The second-order valence-electron chi connectivity index (χ2n) is 6.98. The van der Waals surface area contributed by atoms with E-state index < -0.39 is 0 Å². The van der Waals surface area contributed by atoms with Crippen molar-refractivity contribution in [2.45, 2.75) is 6.61 Å². The monoisotopic (exact) mass is 408 g/mol. The highest BCUT2D eigenvalue weighted by Gasteiger charge is 2.23. The van der Waals surface area contributed by atoms with Crippen molar-refractivity contribution >= 4 is 17.5 Å². The zero-order chi connectivity index (χ0) is 20.2. The zero-order valence-corrected chi connectivity index (χ0v) is 16.9. The molecule has 0 atom stereocenters. The van der Waals surface area contributed by atoms with Gasteiger partial charge in [-0.3, -0.25) is 0 Å². The molecule has 0 saturated carbocycles. The average molecular weight is 409 g/mol. The number of piperazine rings is 1. The van der Waals surface area contributed by atoms with Crippen molar-refractivity contribution in [3.63, 3.8) is 0 Å². The largest absolute Gasteiger partial charge is 0.489 e. The lowest BCUT2D eigenvalue weighted by atomic mass is 10.2. The number of rotatable bonds is 5. The van der Waals surface area contributed by atoms with Crippen LogP contribution in [0.15, 0.2) is 52.9 Å². The number of anilines is 1. The minimum Gasteiger partial charge on any atom is -0.489 e. The molecule has 29 heavy (non-hydrogen) atoms. The van der Waals surface area contributed by atoms with Gasteiger partial charge in [0.2, 0.25) is 17.5 Å². The minimum atomic E-state index is 0.323. The Morgan fingerprint density at radius 3 is 2.52 bits per heavy atom.